The van der Waals surface area contributed by atoms with Crippen LogP contribution in [0.25, 0.3) is 11.1 Å². The third-order valence-corrected chi connectivity index (χ3v) is 5.94. The summed E-state index contributed by atoms with van der Waals surface area (Å²) in [7, 11) is 0. The van der Waals surface area contributed by atoms with Crippen LogP contribution in [0.1, 0.15) is 28.4 Å². The van der Waals surface area contributed by atoms with Gasteiger partial charge in [0.2, 0.25) is 0 Å². The Hall–Kier alpha value is -2.89. The molecule has 5 rings (SSSR count). The number of hydrogen-bond donors (Lipinski definition) is 2. The lowest BCUT2D eigenvalue weighted by Gasteiger charge is -2.36. The van der Waals surface area contributed by atoms with Crippen molar-refractivity contribution in [2.45, 2.75) is 18.5 Å². The Morgan fingerprint density at radius 1 is 0.964 bits per heavy atom. The van der Waals surface area contributed by atoms with Gasteiger partial charge in [0, 0.05) is 25.0 Å². The molecule has 2 fully saturated rings. The van der Waals surface area contributed by atoms with Gasteiger partial charge in [0.1, 0.15) is 6.26 Å². The predicted molar refractivity (Wildman–Crippen MR) is 107 cm³/mol. The molecule has 3 unspecified atom stereocenters. The van der Waals surface area contributed by atoms with Gasteiger partial charge >= 0.3 is 0 Å². The summed E-state index contributed by atoms with van der Waals surface area (Å²) < 4.78 is 5.08. The van der Waals surface area contributed by atoms with Gasteiger partial charge in [0.25, 0.3) is 5.91 Å². The molecule has 1 amide bonds. The molecule has 0 saturated carbocycles. The Bertz CT molecular complexity index is 938. The van der Waals surface area contributed by atoms with Crippen molar-refractivity contribution in [2.24, 2.45) is 5.92 Å². The minimum Gasteiger partial charge on any atom is -0.472 e. The number of benzene rings is 2. The van der Waals surface area contributed by atoms with Crippen LogP contribution in [0.3, 0.4) is 0 Å². The van der Waals surface area contributed by atoms with E-state index in [9.17, 15) is 4.79 Å². The van der Waals surface area contributed by atoms with Crippen LogP contribution in [-0.2, 0) is 0 Å². The summed E-state index contributed by atoms with van der Waals surface area (Å²) in [5.74, 6) is 0.393. The molecular weight excluding hydrogens is 350 g/mol. The zero-order chi connectivity index (χ0) is 18.9. The van der Waals surface area contributed by atoms with Crippen LogP contribution in [0, 0.1) is 5.92 Å². The topological polar surface area (TPSA) is 57.5 Å². The van der Waals surface area contributed by atoms with Crippen molar-refractivity contribution in [1.29, 1.82) is 0 Å². The molecule has 3 heterocycles. The van der Waals surface area contributed by atoms with E-state index in [0.29, 0.717) is 17.5 Å². The Balaban J connectivity index is 1.34. The summed E-state index contributed by atoms with van der Waals surface area (Å²) in [4.78, 5) is 14.7. The SMILES string of the molecule is O=C(c1ccoc1)N1CCC2NNC(c3ccc(-c4ccccc4)cc3)C2C1. The van der Waals surface area contributed by atoms with Gasteiger partial charge in [0.15, 0.2) is 0 Å². The molecule has 0 bridgehead atoms. The van der Waals surface area contributed by atoms with Crippen LogP contribution in [0.4, 0.5) is 0 Å². The fraction of sp³-hybridized carbons (Fsp3) is 0.261. The number of fused-ring (bicyclic) bond motifs is 1. The van der Waals surface area contributed by atoms with Crippen molar-refractivity contribution in [2.75, 3.05) is 13.1 Å². The van der Waals surface area contributed by atoms with Gasteiger partial charge in [0.05, 0.1) is 17.9 Å². The molecule has 0 radical (unpaired) electrons. The first kappa shape index (κ1) is 17.2. The lowest BCUT2D eigenvalue weighted by molar-refractivity contribution is 0.0652. The fourth-order valence-corrected chi connectivity index (χ4v) is 4.40. The fourth-order valence-electron chi connectivity index (χ4n) is 4.40. The van der Waals surface area contributed by atoms with Gasteiger partial charge in [-0.1, -0.05) is 54.6 Å². The number of nitrogens with zero attached hydrogens (tertiary/aromatic N) is 1. The third-order valence-electron chi connectivity index (χ3n) is 5.94. The van der Waals surface area contributed by atoms with Gasteiger partial charge in [-0.3, -0.25) is 10.2 Å². The normalized spacial score (nSPS) is 24.1. The van der Waals surface area contributed by atoms with Crippen molar-refractivity contribution in [3.63, 3.8) is 0 Å². The van der Waals surface area contributed by atoms with Crippen molar-refractivity contribution in [1.82, 2.24) is 15.8 Å². The summed E-state index contributed by atoms with van der Waals surface area (Å²) in [5, 5.41) is 0. The minimum absolute atomic E-state index is 0.0530. The number of hydrazine groups is 1. The molecule has 28 heavy (non-hydrogen) atoms. The number of furan rings is 1. The Labute approximate surface area is 164 Å². The Morgan fingerprint density at radius 3 is 2.50 bits per heavy atom. The van der Waals surface area contributed by atoms with Crippen LogP contribution in [0.5, 0.6) is 0 Å². The highest BCUT2D eigenvalue weighted by atomic mass is 16.3. The Morgan fingerprint density at radius 2 is 1.75 bits per heavy atom. The van der Waals surface area contributed by atoms with Crippen LogP contribution in [0.15, 0.2) is 77.6 Å². The summed E-state index contributed by atoms with van der Waals surface area (Å²) in [6, 6.07) is 21.5. The second-order valence-electron chi connectivity index (χ2n) is 7.58. The molecule has 2 aliphatic rings. The number of nitrogens with one attached hydrogen (secondary N) is 2. The second kappa shape index (κ2) is 7.26. The van der Waals surface area contributed by atoms with Gasteiger partial charge < -0.3 is 9.32 Å². The summed E-state index contributed by atoms with van der Waals surface area (Å²) in [6.45, 7) is 1.50. The molecule has 0 spiro atoms. The average Bonchev–Trinajstić information content (AvgIpc) is 3.44. The number of piperidine rings is 1. The van der Waals surface area contributed by atoms with E-state index in [4.69, 9.17) is 4.42 Å². The van der Waals surface area contributed by atoms with E-state index < -0.39 is 0 Å². The van der Waals surface area contributed by atoms with E-state index in [1.807, 2.05) is 11.0 Å². The first-order valence-corrected chi connectivity index (χ1v) is 9.77. The molecule has 5 heteroatoms. The molecule has 2 N–H and O–H groups in total. The largest absolute Gasteiger partial charge is 0.472 e. The van der Waals surface area contributed by atoms with E-state index in [2.05, 4.69) is 59.4 Å². The van der Waals surface area contributed by atoms with Crippen molar-refractivity contribution in [3.05, 3.63) is 84.3 Å². The number of likely N-dealkylation sites (tertiary alicyclic amines) is 1. The maximum absolute atomic E-state index is 12.7. The lowest BCUT2D eigenvalue weighted by atomic mass is 9.84. The van der Waals surface area contributed by atoms with Gasteiger partial charge in [-0.2, -0.15) is 0 Å². The van der Waals surface area contributed by atoms with Crippen LogP contribution < -0.4 is 10.9 Å². The van der Waals surface area contributed by atoms with Crippen LogP contribution in [-0.4, -0.2) is 29.9 Å². The number of rotatable bonds is 3. The highest BCUT2D eigenvalue weighted by Gasteiger charge is 2.41. The summed E-state index contributed by atoms with van der Waals surface area (Å²) in [6.07, 6.45) is 4.02. The lowest BCUT2D eigenvalue weighted by Crippen LogP contribution is -2.47. The highest BCUT2D eigenvalue weighted by molar-refractivity contribution is 5.93. The maximum atomic E-state index is 12.7. The van der Waals surface area contributed by atoms with E-state index >= 15 is 0 Å². The van der Waals surface area contributed by atoms with Gasteiger partial charge in [-0.15, -0.1) is 0 Å². The monoisotopic (exact) mass is 373 g/mol. The first-order chi connectivity index (χ1) is 13.8. The van der Waals surface area contributed by atoms with E-state index in [1.54, 1.807) is 12.3 Å². The van der Waals surface area contributed by atoms with Crippen molar-refractivity contribution < 1.29 is 9.21 Å². The highest BCUT2D eigenvalue weighted by Crippen LogP contribution is 2.35. The van der Waals surface area contributed by atoms with Gasteiger partial charge in [-0.05, 0) is 29.2 Å². The molecular formula is C23H23N3O2. The Kier molecular flexibility index (Phi) is 4.47. The summed E-state index contributed by atoms with van der Waals surface area (Å²) in [5.41, 5.74) is 11.2. The van der Waals surface area contributed by atoms with Crippen molar-refractivity contribution in [3.8, 4) is 11.1 Å². The molecule has 2 aromatic carbocycles. The number of carbonyl (C=O) groups is 1. The second-order valence-corrected chi connectivity index (χ2v) is 7.58. The van der Waals surface area contributed by atoms with Crippen LogP contribution >= 0.6 is 0 Å². The number of hydrogen-bond acceptors (Lipinski definition) is 4. The predicted octanol–water partition coefficient (Wildman–Crippen LogP) is 3.63. The minimum atomic E-state index is 0.0530. The average molecular weight is 373 g/mol. The number of amides is 1. The molecule has 5 nitrogen and oxygen atoms in total. The summed E-state index contributed by atoms with van der Waals surface area (Å²) >= 11 is 0. The standard InChI is InChI=1S/C23H23N3O2/c27-23(19-11-13-28-15-19)26-12-10-21-20(14-26)22(25-24-21)18-8-6-17(7-9-18)16-4-2-1-3-5-16/h1-9,11,13,15,20-22,24-25H,10,12,14H2. The molecule has 2 aliphatic heterocycles. The van der Waals surface area contributed by atoms with E-state index in [0.717, 1.165) is 19.5 Å². The molecule has 3 atom stereocenters. The molecule has 1 aromatic heterocycles. The molecule has 3 aromatic rings. The van der Waals surface area contributed by atoms with Crippen molar-refractivity contribution >= 4 is 5.91 Å². The van der Waals surface area contributed by atoms with Gasteiger partial charge in [-0.25, -0.2) is 5.43 Å². The van der Waals surface area contributed by atoms with E-state index in [1.165, 1.54) is 23.0 Å². The maximum Gasteiger partial charge on any atom is 0.257 e. The molecule has 142 valence electrons. The van der Waals surface area contributed by atoms with E-state index in [-0.39, 0.29) is 11.9 Å². The zero-order valence-corrected chi connectivity index (χ0v) is 15.5. The third kappa shape index (κ3) is 3.13. The zero-order valence-electron chi connectivity index (χ0n) is 15.5. The first-order valence-electron chi connectivity index (χ1n) is 9.77. The van der Waals surface area contributed by atoms with Crippen LogP contribution in [0.2, 0.25) is 0 Å². The quantitative estimate of drug-likeness (QED) is 0.736. The number of carbonyl (C=O) groups excluding carboxylic acids is 1. The molecule has 0 aliphatic carbocycles. The molecule has 2 saturated heterocycles. The smallest absolute Gasteiger partial charge is 0.257 e.